The molecule has 0 unspecified atom stereocenters. The summed E-state index contributed by atoms with van der Waals surface area (Å²) in [5, 5.41) is 10.2. The van der Waals surface area contributed by atoms with Gasteiger partial charge in [0.15, 0.2) is 0 Å². The van der Waals surface area contributed by atoms with E-state index in [2.05, 4.69) is 22.0 Å². The zero-order chi connectivity index (χ0) is 21.4. The highest BCUT2D eigenvalue weighted by Gasteiger charge is 2.53. The minimum Gasteiger partial charge on any atom is -0.497 e. The normalized spacial score (nSPS) is 22.3. The van der Waals surface area contributed by atoms with E-state index < -0.39 is 0 Å². The molecule has 158 valence electrons. The molecule has 1 saturated heterocycles. The van der Waals surface area contributed by atoms with E-state index in [0.717, 1.165) is 22.6 Å². The molecule has 31 heavy (non-hydrogen) atoms. The first-order chi connectivity index (χ1) is 15.2. The molecule has 2 aliphatic heterocycles. The van der Waals surface area contributed by atoms with Crippen LogP contribution in [-0.2, 0) is 6.54 Å². The summed E-state index contributed by atoms with van der Waals surface area (Å²) in [5.41, 5.74) is 3.75. The molecule has 3 aromatic rings. The molecule has 0 bridgehead atoms. The van der Waals surface area contributed by atoms with Crippen LogP contribution in [0.3, 0.4) is 0 Å². The maximum absolute atomic E-state index is 13.3. The number of ether oxygens (including phenoxy) is 1. The fourth-order valence-corrected chi connectivity index (χ4v) is 5.02. The lowest BCUT2D eigenvalue weighted by Gasteiger charge is -2.59. The van der Waals surface area contributed by atoms with Gasteiger partial charge < -0.3 is 14.7 Å². The quantitative estimate of drug-likeness (QED) is 0.694. The Morgan fingerprint density at radius 2 is 2.03 bits per heavy atom. The number of rotatable bonds is 5. The Morgan fingerprint density at radius 1 is 1.16 bits per heavy atom. The van der Waals surface area contributed by atoms with Gasteiger partial charge in [0.05, 0.1) is 19.3 Å². The van der Waals surface area contributed by atoms with E-state index in [9.17, 15) is 9.90 Å². The number of methoxy groups -OCH3 is 1. The Labute approximate surface area is 181 Å². The van der Waals surface area contributed by atoms with E-state index >= 15 is 0 Å². The third-order valence-electron chi connectivity index (χ3n) is 6.48. The van der Waals surface area contributed by atoms with Crippen molar-refractivity contribution in [2.45, 2.75) is 24.5 Å². The molecular weight excluding hydrogens is 390 g/mol. The van der Waals surface area contributed by atoms with Crippen LogP contribution >= 0.6 is 0 Å². The van der Waals surface area contributed by atoms with Crippen molar-refractivity contribution in [1.82, 2.24) is 9.88 Å². The van der Waals surface area contributed by atoms with Gasteiger partial charge in [0.2, 0.25) is 0 Å². The molecule has 1 N–H and O–H groups in total. The van der Waals surface area contributed by atoms with Crippen molar-refractivity contribution in [1.29, 1.82) is 0 Å². The Hall–Kier alpha value is -3.22. The number of fused-ring (bicyclic) bond motifs is 3. The summed E-state index contributed by atoms with van der Waals surface area (Å²) < 4.78 is 5.37. The number of carbonyl (C=O) groups excluding carboxylic acids is 1. The van der Waals surface area contributed by atoms with Crippen LogP contribution in [0.2, 0.25) is 0 Å². The number of anilines is 1. The van der Waals surface area contributed by atoms with Crippen molar-refractivity contribution in [3.8, 4) is 5.75 Å². The van der Waals surface area contributed by atoms with Gasteiger partial charge in [0.25, 0.3) is 5.91 Å². The van der Waals surface area contributed by atoms with E-state index in [1.807, 2.05) is 41.3 Å². The molecule has 2 aliphatic rings. The Kier molecular flexibility index (Phi) is 5.18. The maximum atomic E-state index is 13.3. The van der Waals surface area contributed by atoms with Gasteiger partial charge in [0.1, 0.15) is 5.75 Å². The van der Waals surface area contributed by atoms with Crippen LogP contribution < -0.4 is 9.64 Å². The zero-order valence-electron chi connectivity index (χ0n) is 17.4. The van der Waals surface area contributed by atoms with Gasteiger partial charge in [-0.15, -0.1) is 0 Å². The van der Waals surface area contributed by atoms with Crippen LogP contribution in [0.25, 0.3) is 0 Å². The average molecular weight is 415 g/mol. The lowest BCUT2D eigenvalue weighted by atomic mass is 9.71. The van der Waals surface area contributed by atoms with Crippen LogP contribution in [0.5, 0.6) is 5.75 Å². The number of para-hydroxylation sites is 1. The number of pyridine rings is 1. The SMILES string of the molecule is COc1cccc(CN2[C@H](CO)[C@H]3c4ccccc4N(C(=O)c4cccnc4)C[C@H]32)c1. The van der Waals surface area contributed by atoms with Gasteiger partial charge in [0, 0.05) is 49.2 Å². The third-order valence-corrected chi connectivity index (χ3v) is 6.48. The minimum absolute atomic E-state index is 0.0213. The Balaban J connectivity index is 1.48. The molecule has 3 atom stereocenters. The molecule has 0 spiro atoms. The topological polar surface area (TPSA) is 65.9 Å². The Bertz CT molecular complexity index is 1090. The predicted octanol–water partition coefficient (Wildman–Crippen LogP) is 3.08. The van der Waals surface area contributed by atoms with Gasteiger partial charge in [-0.3, -0.25) is 14.7 Å². The van der Waals surface area contributed by atoms with Crippen LogP contribution in [0, 0.1) is 0 Å². The van der Waals surface area contributed by atoms with Gasteiger partial charge in [-0.1, -0.05) is 30.3 Å². The summed E-state index contributed by atoms with van der Waals surface area (Å²) in [6.45, 7) is 1.35. The van der Waals surface area contributed by atoms with Crippen molar-refractivity contribution >= 4 is 11.6 Å². The van der Waals surface area contributed by atoms with Crippen LogP contribution in [0.15, 0.2) is 73.1 Å². The largest absolute Gasteiger partial charge is 0.497 e. The van der Waals surface area contributed by atoms with Gasteiger partial charge >= 0.3 is 0 Å². The minimum atomic E-state index is -0.0484. The summed E-state index contributed by atoms with van der Waals surface area (Å²) in [4.78, 5) is 21.6. The van der Waals surface area contributed by atoms with Gasteiger partial charge in [-0.25, -0.2) is 0 Å². The van der Waals surface area contributed by atoms with Crippen molar-refractivity contribution in [3.63, 3.8) is 0 Å². The van der Waals surface area contributed by atoms with Crippen LogP contribution in [0.1, 0.15) is 27.4 Å². The number of amides is 1. The molecule has 0 saturated carbocycles. The molecule has 5 rings (SSSR count). The standard InChI is InChI=1S/C25H25N3O3/c1-31-19-8-4-6-17(12-19)14-27-22-15-28(25(30)18-7-5-11-26-13-18)21-10-3-2-9-20(21)24(22)23(27)16-29/h2-13,22-24,29H,14-16H2,1H3/t22-,23-,24+/m1/s1. The molecule has 6 heteroatoms. The second kappa shape index (κ2) is 8.13. The molecule has 1 fully saturated rings. The second-order valence-corrected chi connectivity index (χ2v) is 8.08. The lowest BCUT2D eigenvalue weighted by Crippen LogP contribution is -2.68. The summed E-state index contributed by atoms with van der Waals surface area (Å²) in [5.74, 6) is 0.968. The molecular formula is C25H25N3O3. The third kappa shape index (κ3) is 3.38. The van der Waals surface area contributed by atoms with Gasteiger partial charge in [-0.05, 0) is 41.5 Å². The van der Waals surface area contributed by atoms with Gasteiger partial charge in [-0.2, -0.15) is 0 Å². The van der Waals surface area contributed by atoms with E-state index in [1.165, 1.54) is 0 Å². The van der Waals surface area contributed by atoms with Crippen molar-refractivity contribution in [3.05, 3.63) is 89.7 Å². The van der Waals surface area contributed by atoms with Crippen molar-refractivity contribution < 1.29 is 14.6 Å². The highest BCUT2D eigenvalue weighted by molar-refractivity contribution is 6.06. The van der Waals surface area contributed by atoms with Crippen LogP contribution in [0.4, 0.5) is 5.69 Å². The summed E-state index contributed by atoms with van der Waals surface area (Å²) in [6.07, 6.45) is 3.28. The summed E-state index contributed by atoms with van der Waals surface area (Å²) in [6, 6.07) is 19.8. The first-order valence-electron chi connectivity index (χ1n) is 10.5. The number of likely N-dealkylation sites (tertiary alicyclic amines) is 1. The fourth-order valence-electron chi connectivity index (χ4n) is 5.02. The maximum Gasteiger partial charge on any atom is 0.259 e. The fraction of sp³-hybridized carbons (Fsp3) is 0.280. The van der Waals surface area contributed by atoms with E-state index in [4.69, 9.17) is 4.74 Å². The molecule has 1 amide bonds. The monoisotopic (exact) mass is 415 g/mol. The highest BCUT2D eigenvalue weighted by Crippen LogP contribution is 2.49. The van der Waals surface area contributed by atoms with Crippen LogP contribution in [-0.4, -0.2) is 53.2 Å². The van der Waals surface area contributed by atoms with E-state index in [0.29, 0.717) is 18.7 Å². The number of nitrogens with zero attached hydrogens (tertiary/aromatic N) is 3. The lowest BCUT2D eigenvalue weighted by molar-refractivity contribution is -0.0488. The number of aliphatic hydroxyl groups is 1. The smallest absolute Gasteiger partial charge is 0.259 e. The zero-order valence-corrected chi connectivity index (χ0v) is 17.4. The number of hydrogen-bond donors (Lipinski definition) is 1. The van der Waals surface area contributed by atoms with E-state index in [1.54, 1.807) is 31.6 Å². The summed E-state index contributed by atoms with van der Waals surface area (Å²) >= 11 is 0. The molecule has 0 aliphatic carbocycles. The number of hydrogen-bond acceptors (Lipinski definition) is 5. The molecule has 0 radical (unpaired) electrons. The second-order valence-electron chi connectivity index (χ2n) is 8.08. The summed E-state index contributed by atoms with van der Waals surface area (Å²) in [7, 11) is 1.66. The number of benzene rings is 2. The molecule has 2 aromatic carbocycles. The van der Waals surface area contributed by atoms with E-state index in [-0.39, 0.29) is 30.5 Å². The first-order valence-corrected chi connectivity index (χ1v) is 10.5. The molecule has 6 nitrogen and oxygen atoms in total. The average Bonchev–Trinajstić information content (AvgIpc) is 2.83. The Morgan fingerprint density at radius 3 is 2.81 bits per heavy atom. The number of carbonyl (C=O) groups is 1. The molecule has 3 heterocycles. The first kappa shape index (κ1) is 19.7. The highest BCUT2D eigenvalue weighted by atomic mass is 16.5. The number of aliphatic hydroxyl groups excluding tert-OH is 1. The van der Waals surface area contributed by atoms with Crippen molar-refractivity contribution in [2.24, 2.45) is 0 Å². The molecule has 1 aromatic heterocycles. The van der Waals surface area contributed by atoms with Crippen molar-refractivity contribution in [2.75, 3.05) is 25.2 Å². The predicted molar refractivity (Wildman–Crippen MR) is 118 cm³/mol. The number of aromatic nitrogens is 1.